The molecular weight excluding hydrogens is 276 g/mol. The third kappa shape index (κ3) is 3.15. The van der Waals surface area contributed by atoms with Crippen LogP contribution in [0.15, 0.2) is 41.6 Å². The fourth-order valence-corrected chi connectivity index (χ4v) is 3.17. The van der Waals surface area contributed by atoms with Crippen LogP contribution >= 0.6 is 0 Å². The first kappa shape index (κ1) is 14.9. The zero-order valence-corrected chi connectivity index (χ0v) is 12.3. The molecule has 5 nitrogen and oxygen atoms in total. The predicted octanol–water partition coefficient (Wildman–Crippen LogP) is 1.67. The van der Waals surface area contributed by atoms with Gasteiger partial charge >= 0.3 is 0 Å². The minimum absolute atomic E-state index is 0.0205. The Morgan fingerprint density at radius 3 is 2.80 bits per heavy atom. The average molecular weight is 294 g/mol. The molecule has 1 aromatic carbocycles. The van der Waals surface area contributed by atoms with Gasteiger partial charge in [0.25, 0.3) is 0 Å². The molecule has 1 heterocycles. The second-order valence-corrected chi connectivity index (χ2v) is 6.76. The van der Waals surface area contributed by atoms with E-state index in [9.17, 15) is 13.5 Å². The van der Waals surface area contributed by atoms with Gasteiger partial charge in [-0.2, -0.15) is 0 Å². The molecule has 20 heavy (non-hydrogen) atoms. The van der Waals surface area contributed by atoms with E-state index in [1.165, 1.54) is 0 Å². The van der Waals surface area contributed by atoms with Crippen molar-refractivity contribution in [2.45, 2.75) is 30.8 Å². The first-order valence-electron chi connectivity index (χ1n) is 6.40. The number of fused-ring (bicyclic) bond motifs is 1. The lowest BCUT2D eigenvalue weighted by Gasteiger charge is -2.21. The summed E-state index contributed by atoms with van der Waals surface area (Å²) in [6.07, 6.45) is 3.65. The molecule has 2 rings (SSSR count). The highest BCUT2D eigenvalue weighted by atomic mass is 32.2. The maximum absolute atomic E-state index is 12.4. The number of hydrogen-bond acceptors (Lipinski definition) is 4. The molecule has 2 aromatic rings. The van der Waals surface area contributed by atoms with Gasteiger partial charge < -0.3 is 5.11 Å². The summed E-state index contributed by atoms with van der Waals surface area (Å²) < 4.78 is 27.2. The number of aromatic nitrogens is 1. The van der Waals surface area contributed by atoms with E-state index >= 15 is 0 Å². The van der Waals surface area contributed by atoms with Crippen LogP contribution in [-0.2, 0) is 10.0 Å². The van der Waals surface area contributed by atoms with Gasteiger partial charge in [-0.25, -0.2) is 13.1 Å². The number of pyridine rings is 1. The summed E-state index contributed by atoms with van der Waals surface area (Å²) in [4.78, 5) is 4.18. The smallest absolute Gasteiger partial charge is 0.241 e. The fourth-order valence-electron chi connectivity index (χ4n) is 1.78. The molecule has 0 saturated heterocycles. The Kier molecular flexibility index (Phi) is 4.08. The number of rotatable bonds is 5. The zero-order valence-electron chi connectivity index (χ0n) is 11.5. The van der Waals surface area contributed by atoms with Crippen molar-refractivity contribution in [3.8, 4) is 0 Å². The number of benzene rings is 1. The van der Waals surface area contributed by atoms with Crippen molar-refractivity contribution >= 4 is 20.8 Å². The number of nitrogens with one attached hydrogen (secondary N) is 1. The predicted molar refractivity (Wildman–Crippen MR) is 77.8 cm³/mol. The van der Waals surface area contributed by atoms with Crippen molar-refractivity contribution in [2.24, 2.45) is 0 Å². The largest absolute Gasteiger partial charge is 0.389 e. The van der Waals surface area contributed by atoms with Crippen LogP contribution in [0.3, 0.4) is 0 Å². The Hall–Kier alpha value is -1.50. The van der Waals surface area contributed by atoms with Crippen LogP contribution in [0, 0.1) is 0 Å². The van der Waals surface area contributed by atoms with Crippen LogP contribution in [-0.4, -0.2) is 30.7 Å². The number of sulfonamides is 1. The number of hydrogen-bond donors (Lipinski definition) is 2. The molecule has 0 radical (unpaired) electrons. The van der Waals surface area contributed by atoms with Crippen molar-refractivity contribution in [3.63, 3.8) is 0 Å². The SMILES string of the molecule is CCC(C)(O)CNS(=O)(=O)c1cccc2cnccc12. The maximum Gasteiger partial charge on any atom is 0.241 e. The number of nitrogens with zero attached hydrogens (tertiary/aromatic N) is 1. The molecule has 0 aliphatic carbocycles. The molecule has 0 fully saturated rings. The molecule has 1 atom stereocenters. The summed E-state index contributed by atoms with van der Waals surface area (Å²) in [6, 6.07) is 6.70. The van der Waals surface area contributed by atoms with Crippen LogP contribution in [0.2, 0.25) is 0 Å². The van der Waals surface area contributed by atoms with E-state index in [0.29, 0.717) is 11.8 Å². The van der Waals surface area contributed by atoms with Gasteiger partial charge in [-0.05, 0) is 25.5 Å². The minimum atomic E-state index is -3.67. The van der Waals surface area contributed by atoms with E-state index in [4.69, 9.17) is 0 Å². The Balaban J connectivity index is 2.38. The summed E-state index contributed by atoms with van der Waals surface area (Å²) in [5, 5.41) is 11.3. The van der Waals surface area contributed by atoms with Crippen LogP contribution in [0.5, 0.6) is 0 Å². The van der Waals surface area contributed by atoms with Crippen molar-refractivity contribution in [2.75, 3.05) is 6.54 Å². The van der Waals surface area contributed by atoms with Gasteiger partial charge in [-0.1, -0.05) is 19.1 Å². The van der Waals surface area contributed by atoms with Gasteiger partial charge in [0.15, 0.2) is 0 Å². The lowest BCUT2D eigenvalue weighted by molar-refractivity contribution is 0.0613. The minimum Gasteiger partial charge on any atom is -0.389 e. The molecule has 0 spiro atoms. The van der Waals surface area contributed by atoms with Gasteiger partial charge in [0.1, 0.15) is 0 Å². The Morgan fingerprint density at radius 1 is 1.35 bits per heavy atom. The lowest BCUT2D eigenvalue weighted by Crippen LogP contribution is -2.40. The zero-order chi connectivity index (χ0) is 14.8. The van der Waals surface area contributed by atoms with Crippen LogP contribution < -0.4 is 4.72 Å². The average Bonchev–Trinajstić information content (AvgIpc) is 2.45. The van der Waals surface area contributed by atoms with Crippen molar-refractivity contribution in [1.82, 2.24) is 9.71 Å². The van der Waals surface area contributed by atoms with Crippen LogP contribution in [0.25, 0.3) is 10.8 Å². The molecule has 6 heteroatoms. The van der Waals surface area contributed by atoms with E-state index in [0.717, 1.165) is 5.39 Å². The topological polar surface area (TPSA) is 79.3 Å². The first-order valence-corrected chi connectivity index (χ1v) is 7.89. The second kappa shape index (κ2) is 5.47. The molecule has 0 aliphatic heterocycles. The highest BCUT2D eigenvalue weighted by molar-refractivity contribution is 7.89. The highest BCUT2D eigenvalue weighted by Crippen LogP contribution is 2.22. The molecule has 0 amide bonds. The van der Waals surface area contributed by atoms with Gasteiger partial charge in [0.2, 0.25) is 10.0 Å². The summed E-state index contributed by atoms with van der Waals surface area (Å²) in [5.41, 5.74) is -1.06. The van der Waals surface area contributed by atoms with Crippen LogP contribution in [0.1, 0.15) is 20.3 Å². The Labute approximate surface area is 118 Å². The first-order chi connectivity index (χ1) is 9.36. The quantitative estimate of drug-likeness (QED) is 0.879. The highest BCUT2D eigenvalue weighted by Gasteiger charge is 2.23. The fraction of sp³-hybridized carbons (Fsp3) is 0.357. The molecule has 1 aromatic heterocycles. The van der Waals surface area contributed by atoms with Gasteiger partial charge in [-0.3, -0.25) is 4.98 Å². The summed E-state index contributed by atoms with van der Waals surface area (Å²) >= 11 is 0. The van der Waals surface area contributed by atoms with Crippen LogP contribution in [0.4, 0.5) is 0 Å². The Morgan fingerprint density at radius 2 is 2.10 bits per heavy atom. The van der Waals surface area contributed by atoms with E-state index in [-0.39, 0.29) is 11.4 Å². The summed E-state index contributed by atoms with van der Waals surface area (Å²) in [7, 11) is -3.67. The molecule has 108 valence electrons. The van der Waals surface area contributed by atoms with Crippen molar-refractivity contribution in [3.05, 3.63) is 36.7 Å². The van der Waals surface area contributed by atoms with Crippen molar-refractivity contribution in [1.29, 1.82) is 0 Å². The monoisotopic (exact) mass is 294 g/mol. The van der Waals surface area contributed by atoms with E-state index in [1.807, 2.05) is 6.07 Å². The van der Waals surface area contributed by atoms with Gasteiger partial charge in [-0.15, -0.1) is 0 Å². The van der Waals surface area contributed by atoms with Gasteiger partial charge in [0, 0.05) is 29.7 Å². The van der Waals surface area contributed by atoms with E-state index in [2.05, 4.69) is 9.71 Å². The molecular formula is C14H18N2O3S. The van der Waals surface area contributed by atoms with Gasteiger partial charge in [0.05, 0.1) is 10.5 Å². The molecule has 0 aliphatic rings. The molecule has 0 saturated carbocycles. The summed E-state index contributed by atoms with van der Waals surface area (Å²) in [6.45, 7) is 3.38. The molecule has 0 bridgehead atoms. The van der Waals surface area contributed by atoms with E-state index < -0.39 is 15.6 Å². The normalized spacial score (nSPS) is 15.2. The van der Waals surface area contributed by atoms with Crippen molar-refractivity contribution < 1.29 is 13.5 Å². The third-order valence-corrected chi connectivity index (χ3v) is 4.79. The summed E-state index contributed by atoms with van der Waals surface area (Å²) in [5.74, 6) is 0. The standard InChI is InChI=1S/C14H18N2O3S/c1-3-14(2,17)10-16-20(18,19)13-6-4-5-11-9-15-8-7-12(11)13/h4-9,16-17H,3,10H2,1-2H3. The van der Waals surface area contributed by atoms with E-state index in [1.54, 1.807) is 44.4 Å². The second-order valence-electron chi connectivity index (χ2n) is 5.03. The number of aliphatic hydroxyl groups is 1. The lowest BCUT2D eigenvalue weighted by atomic mass is 10.1. The maximum atomic E-state index is 12.4. The molecule has 1 unspecified atom stereocenters. The third-order valence-electron chi connectivity index (χ3n) is 3.33. The Bertz CT molecular complexity index is 706. The molecule has 2 N–H and O–H groups in total.